The number of carbonyl (C=O) groups excluding carboxylic acids is 1. The minimum atomic E-state index is -3.84. The maximum absolute atomic E-state index is 13.5. The SMILES string of the molecule is Cc1ccc(CN(Cc2ccccc2)C(=O)CN(C(C)(C)C)S(=O)(=O)c2ccccc2)s1. The lowest BCUT2D eigenvalue weighted by Crippen LogP contribution is -2.50. The van der Waals surface area contributed by atoms with Gasteiger partial charge in [-0.1, -0.05) is 48.5 Å². The van der Waals surface area contributed by atoms with Crippen molar-refractivity contribution < 1.29 is 13.2 Å². The number of hydrogen-bond acceptors (Lipinski definition) is 4. The third kappa shape index (κ3) is 6.06. The Morgan fingerprint density at radius 2 is 1.47 bits per heavy atom. The second-order valence-electron chi connectivity index (χ2n) is 8.74. The summed E-state index contributed by atoms with van der Waals surface area (Å²) in [6.07, 6.45) is 0. The topological polar surface area (TPSA) is 57.7 Å². The minimum absolute atomic E-state index is 0.186. The number of hydrogen-bond donors (Lipinski definition) is 0. The summed E-state index contributed by atoms with van der Waals surface area (Å²) in [4.78, 5) is 17.7. The molecule has 1 aromatic heterocycles. The summed E-state index contributed by atoms with van der Waals surface area (Å²) >= 11 is 1.65. The Morgan fingerprint density at radius 3 is 2.00 bits per heavy atom. The summed E-state index contributed by atoms with van der Waals surface area (Å²) in [7, 11) is -3.84. The van der Waals surface area contributed by atoms with Gasteiger partial charge in [-0.25, -0.2) is 8.42 Å². The standard InChI is InChI=1S/C25H30N2O3S2/c1-20-15-16-22(31-20)18-26(17-21-11-7-5-8-12-21)24(28)19-27(25(2,3)4)32(29,30)23-13-9-6-10-14-23/h5-16H,17-19H2,1-4H3. The van der Waals surface area contributed by atoms with Gasteiger partial charge in [-0.15, -0.1) is 11.3 Å². The van der Waals surface area contributed by atoms with E-state index in [1.807, 2.05) is 70.2 Å². The molecular formula is C25H30N2O3S2. The molecule has 3 rings (SSSR count). The van der Waals surface area contributed by atoms with Crippen molar-refractivity contribution in [2.75, 3.05) is 6.54 Å². The first-order valence-electron chi connectivity index (χ1n) is 10.5. The predicted molar refractivity (Wildman–Crippen MR) is 130 cm³/mol. The summed E-state index contributed by atoms with van der Waals surface area (Å²) < 4.78 is 28.1. The first-order chi connectivity index (χ1) is 15.1. The van der Waals surface area contributed by atoms with Crippen LogP contribution >= 0.6 is 11.3 Å². The fourth-order valence-corrected chi connectivity index (χ4v) is 6.08. The van der Waals surface area contributed by atoms with Crippen molar-refractivity contribution in [2.45, 2.75) is 51.2 Å². The average molecular weight is 471 g/mol. The highest BCUT2D eigenvalue weighted by molar-refractivity contribution is 7.89. The molecule has 1 amide bonds. The summed E-state index contributed by atoms with van der Waals surface area (Å²) in [5.74, 6) is -0.227. The summed E-state index contributed by atoms with van der Waals surface area (Å²) in [6, 6.07) is 22.1. The molecule has 7 heteroatoms. The molecule has 5 nitrogen and oxygen atoms in total. The molecule has 0 unspecified atom stereocenters. The van der Waals surface area contributed by atoms with Gasteiger partial charge < -0.3 is 4.90 Å². The van der Waals surface area contributed by atoms with Crippen LogP contribution in [0.25, 0.3) is 0 Å². The molecule has 0 aliphatic carbocycles. The number of benzene rings is 2. The largest absolute Gasteiger partial charge is 0.332 e. The van der Waals surface area contributed by atoms with Crippen LogP contribution in [0, 0.1) is 6.92 Å². The molecule has 0 N–H and O–H groups in total. The maximum atomic E-state index is 13.5. The van der Waals surface area contributed by atoms with E-state index in [1.165, 1.54) is 9.18 Å². The van der Waals surface area contributed by atoms with Crippen LogP contribution in [-0.4, -0.2) is 35.6 Å². The zero-order valence-electron chi connectivity index (χ0n) is 19.0. The fourth-order valence-electron chi connectivity index (χ4n) is 3.42. The van der Waals surface area contributed by atoms with Crippen LogP contribution in [-0.2, 0) is 27.9 Å². The lowest BCUT2D eigenvalue weighted by molar-refractivity contribution is -0.133. The van der Waals surface area contributed by atoms with E-state index >= 15 is 0 Å². The van der Waals surface area contributed by atoms with Crippen LogP contribution in [0.15, 0.2) is 77.7 Å². The van der Waals surface area contributed by atoms with E-state index < -0.39 is 15.6 Å². The molecule has 2 aromatic carbocycles. The Bertz CT molecular complexity index is 1130. The van der Waals surface area contributed by atoms with E-state index in [0.29, 0.717) is 13.1 Å². The molecule has 0 spiro atoms. The van der Waals surface area contributed by atoms with Crippen LogP contribution in [0.3, 0.4) is 0 Å². The van der Waals surface area contributed by atoms with Crippen LogP contribution in [0.4, 0.5) is 0 Å². The molecule has 1 heterocycles. The predicted octanol–water partition coefficient (Wildman–Crippen LogP) is 5.07. The average Bonchev–Trinajstić information content (AvgIpc) is 3.16. The van der Waals surface area contributed by atoms with Crippen molar-refractivity contribution in [1.82, 2.24) is 9.21 Å². The lowest BCUT2D eigenvalue weighted by Gasteiger charge is -2.35. The summed E-state index contributed by atoms with van der Waals surface area (Å²) in [6.45, 7) is 8.10. The molecule has 0 aliphatic rings. The highest BCUT2D eigenvalue weighted by Gasteiger charge is 2.36. The quantitative estimate of drug-likeness (QED) is 0.462. The number of sulfonamides is 1. The Hall–Kier alpha value is -2.48. The molecule has 0 aliphatic heterocycles. The van der Waals surface area contributed by atoms with Crippen molar-refractivity contribution in [3.05, 3.63) is 88.1 Å². The van der Waals surface area contributed by atoms with E-state index in [9.17, 15) is 13.2 Å². The van der Waals surface area contributed by atoms with Gasteiger partial charge in [0.1, 0.15) is 0 Å². The van der Waals surface area contributed by atoms with Crippen LogP contribution in [0.2, 0.25) is 0 Å². The summed E-state index contributed by atoms with van der Waals surface area (Å²) in [5, 5.41) is 0. The van der Waals surface area contributed by atoms with E-state index in [4.69, 9.17) is 0 Å². The number of amides is 1. The third-order valence-corrected chi connectivity index (χ3v) is 8.18. The highest BCUT2D eigenvalue weighted by atomic mass is 32.2. The molecule has 0 radical (unpaired) electrons. The van der Waals surface area contributed by atoms with Crippen molar-refractivity contribution in [1.29, 1.82) is 0 Å². The fraction of sp³-hybridized carbons (Fsp3) is 0.320. The number of thiophene rings is 1. The number of aryl methyl sites for hydroxylation is 1. The van der Waals surface area contributed by atoms with Crippen molar-refractivity contribution in [3.63, 3.8) is 0 Å². The van der Waals surface area contributed by atoms with E-state index in [-0.39, 0.29) is 17.3 Å². The van der Waals surface area contributed by atoms with Gasteiger partial charge in [0.15, 0.2) is 0 Å². The van der Waals surface area contributed by atoms with E-state index in [2.05, 4.69) is 0 Å². The van der Waals surface area contributed by atoms with Crippen molar-refractivity contribution >= 4 is 27.3 Å². The third-order valence-electron chi connectivity index (χ3n) is 5.07. The monoisotopic (exact) mass is 470 g/mol. The summed E-state index contributed by atoms with van der Waals surface area (Å²) in [5.41, 5.74) is 0.241. The lowest BCUT2D eigenvalue weighted by atomic mass is 10.1. The number of rotatable bonds is 8. The van der Waals surface area contributed by atoms with Crippen LogP contribution < -0.4 is 0 Å². The molecular weight excluding hydrogens is 440 g/mol. The Labute approximate surface area is 195 Å². The highest BCUT2D eigenvalue weighted by Crippen LogP contribution is 2.25. The van der Waals surface area contributed by atoms with Crippen LogP contribution in [0.5, 0.6) is 0 Å². The van der Waals surface area contributed by atoms with E-state index in [1.54, 1.807) is 46.6 Å². The molecule has 32 heavy (non-hydrogen) atoms. The van der Waals surface area contributed by atoms with Crippen molar-refractivity contribution in [2.24, 2.45) is 0 Å². The zero-order chi connectivity index (χ0) is 23.4. The first kappa shape index (κ1) is 24.2. The Balaban J connectivity index is 1.90. The van der Waals surface area contributed by atoms with Crippen molar-refractivity contribution in [3.8, 4) is 0 Å². The zero-order valence-corrected chi connectivity index (χ0v) is 20.6. The smallest absolute Gasteiger partial charge is 0.244 e. The number of nitrogens with zero attached hydrogens (tertiary/aromatic N) is 2. The van der Waals surface area contributed by atoms with Gasteiger partial charge in [0, 0.05) is 21.8 Å². The van der Waals surface area contributed by atoms with Gasteiger partial charge >= 0.3 is 0 Å². The second-order valence-corrected chi connectivity index (χ2v) is 12.0. The minimum Gasteiger partial charge on any atom is -0.332 e. The van der Waals surface area contributed by atoms with Crippen LogP contribution in [0.1, 0.15) is 36.1 Å². The normalized spacial score (nSPS) is 12.2. The molecule has 0 fully saturated rings. The second kappa shape index (κ2) is 9.98. The molecule has 170 valence electrons. The maximum Gasteiger partial charge on any atom is 0.244 e. The van der Waals surface area contributed by atoms with Gasteiger partial charge in [0.05, 0.1) is 18.0 Å². The first-order valence-corrected chi connectivity index (χ1v) is 12.8. The molecule has 0 bridgehead atoms. The Kier molecular flexibility index (Phi) is 7.54. The number of carbonyl (C=O) groups is 1. The Morgan fingerprint density at radius 1 is 0.875 bits per heavy atom. The van der Waals surface area contributed by atoms with Gasteiger partial charge in [0.2, 0.25) is 15.9 Å². The van der Waals surface area contributed by atoms with Gasteiger partial charge in [-0.3, -0.25) is 4.79 Å². The molecule has 0 atom stereocenters. The molecule has 3 aromatic rings. The molecule has 0 saturated heterocycles. The van der Waals surface area contributed by atoms with Gasteiger partial charge in [-0.2, -0.15) is 4.31 Å². The molecule has 0 saturated carbocycles. The van der Waals surface area contributed by atoms with Gasteiger partial charge in [-0.05, 0) is 57.5 Å². The van der Waals surface area contributed by atoms with E-state index in [0.717, 1.165) is 10.4 Å². The van der Waals surface area contributed by atoms with Gasteiger partial charge in [0.25, 0.3) is 0 Å².